The molecule has 0 amide bonds. The minimum absolute atomic E-state index is 0.307. The summed E-state index contributed by atoms with van der Waals surface area (Å²) in [5.41, 5.74) is 2.37. The van der Waals surface area contributed by atoms with Gasteiger partial charge in [-0.3, -0.25) is 0 Å². The number of methoxy groups -OCH3 is 2. The lowest BCUT2D eigenvalue weighted by atomic mass is 9.94. The maximum Gasteiger partial charge on any atom is 0.179 e. The van der Waals surface area contributed by atoms with Gasteiger partial charge in [0.2, 0.25) is 0 Å². The van der Waals surface area contributed by atoms with Crippen molar-refractivity contribution in [3.63, 3.8) is 0 Å². The molecule has 1 aromatic rings. The van der Waals surface area contributed by atoms with Gasteiger partial charge >= 0.3 is 0 Å². The van der Waals surface area contributed by atoms with Gasteiger partial charge in [0.25, 0.3) is 0 Å². The predicted octanol–water partition coefficient (Wildman–Crippen LogP) is 2.56. The third kappa shape index (κ3) is 1.74. The molecule has 1 N–H and O–H groups in total. The van der Waals surface area contributed by atoms with Crippen molar-refractivity contribution in [1.82, 2.24) is 5.32 Å². The Morgan fingerprint density at radius 3 is 2.75 bits per heavy atom. The van der Waals surface area contributed by atoms with Crippen LogP contribution in [0.1, 0.15) is 24.1 Å². The first kappa shape index (κ1) is 11.6. The molecule has 1 aromatic carbocycles. The van der Waals surface area contributed by atoms with Crippen LogP contribution in [0.5, 0.6) is 11.5 Å². The maximum atomic E-state index is 6.34. The monoisotopic (exact) mass is 241 g/mol. The molecule has 1 atom stereocenters. The summed E-state index contributed by atoms with van der Waals surface area (Å²) in [7, 11) is 3.24. The third-order valence-electron chi connectivity index (χ3n) is 3.04. The number of nitrogens with one attached hydrogen (secondary N) is 1. The Morgan fingerprint density at radius 2 is 2.12 bits per heavy atom. The van der Waals surface area contributed by atoms with Gasteiger partial charge in [-0.1, -0.05) is 11.6 Å². The quantitative estimate of drug-likeness (QED) is 0.863. The van der Waals surface area contributed by atoms with E-state index in [1.807, 2.05) is 6.07 Å². The largest absolute Gasteiger partial charge is 0.493 e. The fraction of sp³-hybridized carbons (Fsp3) is 0.500. The summed E-state index contributed by atoms with van der Waals surface area (Å²) in [4.78, 5) is 0. The van der Waals surface area contributed by atoms with E-state index in [4.69, 9.17) is 21.1 Å². The molecule has 1 heterocycles. The van der Waals surface area contributed by atoms with Gasteiger partial charge in [0.15, 0.2) is 11.5 Å². The summed E-state index contributed by atoms with van der Waals surface area (Å²) < 4.78 is 10.6. The van der Waals surface area contributed by atoms with Crippen molar-refractivity contribution in [2.75, 3.05) is 20.8 Å². The van der Waals surface area contributed by atoms with E-state index in [0.29, 0.717) is 22.6 Å². The molecule has 0 radical (unpaired) electrons. The zero-order chi connectivity index (χ0) is 11.7. The fourth-order valence-electron chi connectivity index (χ4n) is 2.17. The minimum atomic E-state index is 0.307. The Bertz CT molecular complexity index is 406. The van der Waals surface area contributed by atoms with Crippen LogP contribution in [0.4, 0.5) is 0 Å². The minimum Gasteiger partial charge on any atom is -0.493 e. The van der Waals surface area contributed by atoms with E-state index in [2.05, 4.69) is 12.2 Å². The molecule has 0 fully saturated rings. The van der Waals surface area contributed by atoms with Crippen LogP contribution in [0, 0.1) is 0 Å². The molecule has 1 aliphatic heterocycles. The van der Waals surface area contributed by atoms with E-state index >= 15 is 0 Å². The normalized spacial score (nSPS) is 19.1. The van der Waals surface area contributed by atoms with Crippen LogP contribution in [0.2, 0.25) is 5.02 Å². The van der Waals surface area contributed by atoms with E-state index in [9.17, 15) is 0 Å². The Hall–Kier alpha value is -0.930. The van der Waals surface area contributed by atoms with Crippen molar-refractivity contribution in [2.24, 2.45) is 0 Å². The summed E-state index contributed by atoms with van der Waals surface area (Å²) in [6.07, 6.45) is 0.929. The zero-order valence-corrected chi connectivity index (χ0v) is 10.5. The van der Waals surface area contributed by atoms with E-state index in [1.54, 1.807) is 14.2 Å². The first-order valence-electron chi connectivity index (χ1n) is 5.35. The highest BCUT2D eigenvalue weighted by Gasteiger charge is 2.23. The van der Waals surface area contributed by atoms with Crippen LogP contribution in [-0.4, -0.2) is 20.8 Å². The molecule has 2 rings (SSSR count). The van der Waals surface area contributed by atoms with Crippen molar-refractivity contribution in [2.45, 2.75) is 19.4 Å². The van der Waals surface area contributed by atoms with Crippen molar-refractivity contribution in [1.29, 1.82) is 0 Å². The fourth-order valence-corrected chi connectivity index (χ4v) is 2.55. The first-order chi connectivity index (χ1) is 7.69. The second-order valence-electron chi connectivity index (χ2n) is 3.92. The number of rotatable bonds is 2. The Labute approximate surface area is 101 Å². The summed E-state index contributed by atoms with van der Waals surface area (Å²) in [5, 5.41) is 4.08. The Balaban J connectivity index is 2.61. The van der Waals surface area contributed by atoms with Crippen molar-refractivity contribution in [3.8, 4) is 11.5 Å². The van der Waals surface area contributed by atoms with Crippen LogP contribution in [0.3, 0.4) is 0 Å². The zero-order valence-electron chi connectivity index (χ0n) is 9.76. The highest BCUT2D eigenvalue weighted by Crippen LogP contribution is 2.42. The van der Waals surface area contributed by atoms with E-state index < -0.39 is 0 Å². The van der Waals surface area contributed by atoms with Crippen LogP contribution >= 0.6 is 11.6 Å². The average molecular weight is 242 g/mol. The number of hydrogen-bond acceptors (Lipinski definition) is 3. The van der Waals surface area contributed by atoms with Gasteiger partial charge in [-0.2, -0.15) is 0 Å². The van der Waals surface area contributed by atoms with Crippen molar-refractivity contribution in [3.05, 3.63) is 22.2 Å². The number of ether oxygens (including phenoxy) is 2. The molecule has 0 saturated carbocycles. The molecule has 0 spiro atoms. The van der Waals surface area contributed by atoms with Crippen LogP contribution in [0.25, 0.3) is 0 Å². The molecule has 0 aliphatic carbocycles. The predicted molar refractivity (Wildman–Crippen MR) is 64.7 cm³/mol. The van der Waals surface area contributed by atoms with Gasteiger partial charge in [-0.05, 0) is 37.1 Å². The van der Waals surface area contributed by atoms with Crippen molar-refractivity contribution < 1.29 is 9.47 Å². The molecule has 0 aromatic heterocycles. The number of halogens is 1. The van der Waals surface area contributed by atoms with Gasteiger partial charge < -0.3 is 14.8 Å². The second kappa shape index (κ2) is 4.52. The average Bonchev–Trinajstić information content (AvgIpc) is 2.30. The highest BCUT2D eigenvalue weighted by atomic mass is 35.5. The molecule has 1 aliphatic rings. The number of fused-ring (bicyclic) bond motifs is 1. The third-order valence-corrected chi connectivity index (χ3v) is 3.44. The van der Waals surface area contributed by atoms with E-state index in [1.165, 1.54) is 11.1 Å². The smallest absolute Gasteiger partial charge is 0.179 e. The lowest BCUT2D eigenvalue weighted by molar-refractivity contribution is 0.352. The van der Waals surface area contributed by atoms with Crippen LogP contribution in [-0.2, 0) is 6.42 Å². The molecule has 4 heteroatoms. The van der Waals surface area contributed by atoms with Crippen LogP contribution in [0.15, 0.2) is 6.07 Å². The van der Waals surface area contributed by atoms with E-state index in [0.717, 1.165) is 13.0 Å². The Kier molecular flexibility index (Phi) is 3.26. The maximum absolute atomic E-state index is 6.34. The number of hydrogen-bond donors (Lipinski definition) is 1. The standard InChI is InChI=1S/C12H16ClNO2/c1-7-9-6-10(15-2)12(16-3)11(13)8(9)4-5-14-7/h6-7,14H,4-5H2,1-3H3. The number of benzene rings is 1. The summed E-state index contributed by atoms with van der Waals surface area (Å²) in [6, 6.07) is 2.32. The Morgan fingerprint density at radius 1 is 1.38 bits per heavy atom. The molecule has 0 bridgehead atoms. The van der Waals surface area contributed by atoms with Gasteiger partial charge in [0.05, 0.1) is 19.2 Å². The first-order valence-corrected chi connectivity index (χ1v) is 5.73. The summed E-state index contributed by atoms with van der Waals surface area (Å²) >= 11 is 6.34. The van der Waals surface area contributed by atoms with Gasteiger partial charge in [-0.15, -0.1) is 0 Å². The highest BCUT2D eigenvalue weighted by molar-refractivity contribution is 6.33. The second-order valence-corrected chi connectivity index (χ2v) is 4.30. The van der Waals surface area contributed by atoms with Gasteiger partial charge in [0.1, 0.15) is 0 Å². The summed E-state index contributed by atoms with van der Waals surface area (Å²) in [5.74, 6) is 1.33. The van der Waals surface area contributed by atoms with Gasteiger partial charge in [-0.25, -0.2) is 0 Å². The molecular formula is C12H16ClNO2. The summed E-state index contributed by atoms with van der Waals surface area (Å²) in [6.45, 7) is 3.07. The molecule has 1 unspecified atom stereocenters. The molecular weight excluding hydrogens is 226 g/mol. The SMILES string of the molecule is COc1cc2c(c(Cl)c1OC)CCNC2C. The lowest BCUT2D eigenvalue weighted by Crippen LogP contribution is -2.28. The van der Waals surface area contributed by atoms with Crippen LogP contribution < -0.4 is 14.8 Å². The molecule has 3 nitrogen and oxygen atoms in total. The molecule has 0 saturated heterocycles. The van der Waals surface area contributed by atoms with E-state index in [-0.39, 0.29) is 0 Å². The molecule has 16 heavy (non-hydrogen) atoms. The van der Waals surface area contributed by atoms with Crippen molar-refractivity contribution >= 4 is 11.6 Å². The van der Waals surface area contributed by atoms with Gasteiger partial charge in [0, 0.05) is 6.04 Å². The molecule has 88 valence electrons. The topological polar surface area (TPSA) is 30.5 Å². The lowest BCUT2D eigenvalue weighted by Gasteiger charge is -2.26.